The summed E-state index contributed by atoms with van der Waals surface area (Å²) >= 11 is 0. The summed E-state index contributed by atoms with van der Waals surface area (Å²) in [5.41, 5.74) is 2.14. The van der Waals surface area contributed by atoms with E-state index in [0.29, 0.717) is 5.56 Å². The predicted octanol–water partition coefficient (Wildman–Crippen LogP) is 5.25. The molecule has 0 saturated carbocycles. The Morgan fingerprint density at radius 1 is 1.03 bits per heavy atom. The first-order valence-electron chi connectivity index (χ1n) is 10.5. The highest BCUT2D eigenvalue weighted by atomic mass is 19.4. The number of anilines is 1. The summed E-state index contributed by atoms with van der Waals surface area (Å²) in [5, 5.41) is 9.11. The molecule has 164 valence electrons. The van der Waals surface area contributed by atoms with Crippen LogP contribution in [0.15, 0.2) is 73.1 Å². The number of alkyl halides is 3. The molecule has 1 aromatic heterocycles. The molecule has 32 heavy (non-hydrogen) atoms. The molecule has 4 nitrogen and oxygen atoms in total. The summed E-state index contributed by atoms with van der Waals surface area (Å²) in [7, 11) is 0. The number of aromatic nitrogens is 1. The second kappa shape index (κ2) is 9.41. The Labute approximate surface area is 185 Å². The zero-order valence-electron chi connectivity index (χ0n) is 17.5. The van der Waals surface area contributed by atoms with E-state index in [1.54, 1.807) is 36.7 Å². The zero-order chi connectivity index (χ0) is 22.6. The van der Waals surface area contributed by atoms with Gasteiger partial charge in [-0.05, 0) is 60.0 Å². The fourth-order valence-electron chi connectivity index (χ4n) is 4.23. The first kappa shape index (κ1) is 21.8. The summed E-state index contributed by atoms with van der Waals surface area (Å²) in [4.78, 5) is 8.40. The van der Waals surface area contributed by atoms with Gasteiger partial charge in [0.1, 0.15) is 0 Å². The number of hydrogen-bond donors (Lipinski definition) is 0. The largest absolute Gasteiger partial charge is 0.416 e. The van der Waals surface area contributed by atoms with Crippen molar-refractivity contribution >= 4 is 5.69 Å². The summed E-state index contributed by atoms with van der Waals surface area (Å²) in [6, 6.07) is 18.9. The van der Waals surface area contributed by atoms with Gasteiger partial charge in [0.15, 0.2) is 0 Å². The molecule has 1 saturated heterocycles. The first-order valence-corrected chi connectivity index (χ1v) is 10.5. The van der Waals surface area contributed by atoms with Crippen molar-refractivity contribution in [2.24, 2.45) is 0 Å². The van der Waals surface area contributed by atoms with Gasteiger partial charge in [-0.15, -0.1) is 0 Å². The van der Waals surface area contributed by atoms with Crippen LogP contribution in [0, 0.1) is 11.3 Å². The number of pyridine rings is 1. The fourth-order valence-corrected chi connectivity index (χ4v) is 4.23. The maximum atomic E-state index is 13.6. The molecule has 1 aliphatic rings. The second-order valence-electron chi connectivity index (χ2n) is 7.97. The maximum Gasteiger partial charge on any atom is 0.416 e. The molecule has 2 heterocycles. The topological polar surface area (TPSA) is 43.2 Å². The minimum atomic E-state index is -4.41. The lowest BCUT2D eigenvalue weighted by atomic mass is 10.0. The minimum absolute atomic E-state index is 0.0612. The Hall–Kier alpha value is -3.37. The van der Waals surface area contributed by atoms with E-state index < -0.39 is 11.7 Å². The van der Waals surface area contributed by atoms with Crippen molar-refractivity contribution in [3.8, 4) is 6.07 Å². The normalized spacial score (nSPS) is 16.6. The van der Waals surface area contributed by atoms with Crippen LogP contribution in [-0.2, 0) is 19.3 Å². The Morgan fingerprint density at radius 3 is 2.44 bits per heavy atom. The SMILES string of the molecule is N#Cc1ccc(N(Cc2ccccc2C(F)(F)F)[C@H]2CCN(Cc3ccncc3)C2)cc1. The van der Waals surface area contributed by atoms with E-state index in [1.165, 1.54) is 6.07 Å². The Kier molecular flexibility index (Phi) is 6.42. The third-order valence-electron chi connectivity index (χ3n) is 5.84. The van der Waals surface area contributed by atoms with E-state index in [4.69, 9.17) is 5.26 Å². The lowest BCUT2D eigenvalue weighted by Crippen LogP contribution is -2.37. The van der Waals surface area contributed by atoms with Gasteiger partial charge in [-0.3, -0.25) is 9.88 Å². The van der Waals surface area contributed by atoms with Crippen LogP contribution in [0.3, 0.4) is 0 Å². The van der Waals surface area contributed by atoms with Crippen LogP contribution in [0.5, 0.6) is 0 Å². The van der Waals surface area contributed by atoms with Gasteiger partial charge in [-0.2, -0.15) is 18.4 Å². The van der Waals surface area contributed by atoms with Gasteiger partial charge in [-0.1, -0.05) is 18.2 Å². The molecular formula is C25H23F3N4. The summed E-state index contributed by atoms with van der Waals surface area (Å²) in [5.74, 6) is 0. The smallest absolute Gasteiger partial charge is 0.363 e. The predicted molar refractivity (Wildman–Crippen MR) is 117 cm³/mol. The summed E-state index contributed by atoms with van der Waals surface area (Å²) < 4.78 is 40.8. The molecule has 1 atom stereocenters. The number of likely N-dealkylation sites (tertiary alicyclic amines) is 1. The summed E-state index contributed by atoms with van der Waals surface area (Å²) in [6.45, 7) is 2.53. The molecule has 0 amide bonds. The number of nitriles is 1. The maximum absolute atomic E-state index is 13.6. The van der Waals surface area contributed by atoms with Gasteiger partial charge in [-0.25, -0.2) is 0 Å². The van der Waals surface area contributed by atoms with E-state index in [2.05, 4.69) is 16.0 Å². The second-order valence-corrected chi connectivity index (χ2v) is 7.97. The first-order chi connectivity index (χ1) is 15.4. The van der Waals surface area contributed by atoms with Crippen LogP contribution in [-0.4, -0.2) is 29.0 Å². The lowest BCUT2D eigenvalue weighted by molar-refractivity contribution is -0.138. The zero-order valence-corrected chi connectivity index (χ0v) is 17.5. The molecule has 0 unspecified atom stereocenters. The van der Waals surface area contributed by atoms with E-state index in [-0.39, 0.29) is 18.2 Å². The Morgan fingerprint density at radius 2 is 1.75 bits per heavy atom. The van der Waals surface area contributed by atoms with Crippen molar-refractivity contribution in [1.82, 2.24) is 9.88 Å². The molecule has 0 radical (unpaired) electrons. The summed E-state index contributed by atoms with van der Waals surface area (Å²) in [6.07, 6.45) is -0.0325. The lowest BCUT2D eigenvalue weighted by Gasteiger charge is -2.32. The third-order valence-corrected chi connectivity index (χ3v) is 5.84. The Bertz CT molecular complexity index is 1070. The number of rotatable bonds is 6. The molecule has 0 bridgehead atoms. The number of benzene rings is 2. The molecule has 1 aliphatic heterocycles. The average Bonchev–Trinajstić information content (AvgIpc) is 3.26. The van der Waals surface area contributed by atoms with Crippen LogP contribution in [0.2, 0.25) is 0 Å². The van der Waals surface area contributed by atoms with Gasteiger partial charge in [0.05, 0.1) is 17.2 Å². The molecule has 4 rings (SSSR count). The highest BCUT2D eigenvalue weighted by Crippen LogP contribution is 2.34. The van der Waals surface area contributed by atoms with Gasteiger partial charge in [0.25, 0.3) is 0 Å². The van der Waals surface area contributed by atoms with Crippen molar-refractivity contribution in [3.63, 3.8) is 0 Å². The monoisotopic (exact) mass is 436 g/mol. The van der Waals surface area contributed by atoms with Crippen LogP contribution in [0.4, 0.5) is 18.9 Å². The van der Waals surface area contributed by atoms with Gasteiger partial charge >= 0.3 is 6.18 Å². The molecule has 0 spiro atoms. The molecule has 2 aromatic carbocycles. The minimum Gasteiger partial charge on any atom is -0.363 e. The standard InChI is InChI=1S/C25H23F3N4/c26-25(27,28)24-4-2-1-3-21(24)17-32(22-7-5-19(15-29)6-8-22)23-11-14-31(18-23)16-20-9-12-30-13-10-20/h1-10,12-13,23H,11,14,16-18H2/t23-/m0/s1. The number of hydrogen-bond acceptors (Lipinski definition) is 4. The van der Waals surface area contributed by atoms with E-state index in [0.717, 1.165) is 43.4 Å². The van der Waals surface area contributed by atoms with Crippen molar-refractivity contribution in [1.29, 1.82) is 5.26 Å². The van der Waals surface area contributed by atoms with Crippen LogP contribution in [0.1, 0.15) is 28.7 Å². The molecule has 0 aliphatic carbocycles. The quantitative estimate of drug-likeness (QED) is 0.529. The van der Waals surface area contributed by atoms with Crippen molar-refractivity contribution < 1.29 is 13.2 Å². The van der Waals surface area contributed by atoms with Gasteiger partial charge in [0, 0.05) is 50.3 Å². The van der Waals surface area contributed by atoms with Crippen molar-refractivity contribution in [2.45, 2.75) is 31.7 Å². The molecular weight excluding hydrogens is 413 g/mol. The number of nitrogens with zero attached hydrogens (tertiary/aromatic N) is 4. The van der Waals surface area contributed by atoms with E-state index >= 15 is 0 Å². The average molecular weight is 436 g/mol. The van der Waals surface area contributed by atoms with E-state index in [1.807, 2.05) is 29.2 Å². The van der Waals surface area contributed by atoms with Crippen molar-refractivity contribution in [3.05, 3.63) is 95.3 Å². The highest BCUT2D eigenvalue weighted by Gasteiger charge is 2.35. The molecule has 1 fully saturated rings. The fraction of sp³-hybridized carbons (Fsp3) is 0.280. The highest BCUT2D eigenvalue weighted by molar-refractivity contribution is 5.52. The van der Waals surface area contributed by atoms with Crippen LogP contribution < -0.4 is 4.90 Å². The molecule has 3 aromatic rings. The van der Waals surface area contributed by atoms with Gasteiger partial charge < -0.3 is 4.90 Å². The van der Waals surface area contributed by atoms with Crippen molar-refractivity contribution in [2.75, 3.05) is 18.0 Å². The van der Waals surface area contributed by atoms with Crippen LogP contribution in [0.25, 0.3) is 0 Å². The van der Waals surface area contributed by atoms with E-state index in [9.17, 15) is 13.2 Å². The van der Waals surface area contributed by atoms with Crippen LogP contribution >= 0.6 is 0 Å². The number of halogens is 3. The van der Waals surface area contributed by atoms with Gasteiger partial charge in [0.2, 0.25) is 0 Å². The molecule has 0 N–H and O–H groups in total. The Balaban J connectivity index is 1.60. The third kappa shape index (κ3) is 5.09. The molecule has 7 heteroatoms.